The molecule has 0 aliphatic rings. The van der Waals surface area contributed by atoms with Crippen LogP contribution >= 0.6 is 0 Å². The van der Waals surface area contributed by atoms with E-state index in [2.05, 4.69) is 11.9 Å². The van der Waals surface area contributed by atoms with Gasteiger partial charge in [-0.1, -0.05) is 31.2 Å². The molecule has 0 aliphatic heterocycles. The predicted molar refractivity (Wildman–Crippen MR) is 83.1 cm³/mol. The summed E-state index contributed by atoms with van der Waals surface area (Å²) in [5, 5.41) is 11.8. The van der Waals surface area contributed by atoms with Gasteiger partial charge in [0.15, 0.2) is 0 Å². The van der Waals surface area contributed by atoms with E-state index in [4.69, 9.17) is 5.11 Å². The van der Waals surface area contributed by atoms with E-state index in [0.717, 1.165) is 5.69 Å². The second-order valence-corrected chi connectivity index (χ2v) is 5.01. The van der Waals surface area contributed by atoms with Crippen LogP contribution in [0.1, 0.15) is 13.8 Å². The Bertz CT molecular complexity index is 488. The Morgan fingerprint density at radius 2 is 1.95 bits per heavy atom. The van der Waals surface area contributed by atoms with Crippen molar-refractivity contribution in [2.45, 2.75) is 19.9 Å². The fourth-order valence-corrected chi connectivity index (χ4v) is 1.92. The number of hydrogen-bond donors (Lipinski definition) is 2. The van der Waals surface area contributed by atoms with Crippen LogP contribution in [0.25, 0.3) is 0 Å². The molecular weight excluding hydrogens is 268 g/mol. The summed E-state index contributed by atoms with van der Waals surface area (Å²) >= 11 is 0. The fourth-order valence-electron chi connectivity index (χ4n) is 1.92. The van der Waals surface area contributed by atoms with Crippen molar-refractivity contribution in [2.24, 2.45) is 5.92 Å². The number of carboxylic acid groups (broad SMARTS) is 1. The Kier molecular flexibility index (Phi) is 6.62. The van der Waals surface area contributed by atoms with Crippen LogP contribution < -0.4 is 5.32 Å². The topological polar surface area (TPSA) is 69.6 Å². The molecule has 1 aromatic rings. The van der Waals surface area contributed by atoms with Crippen molar-refractivity contribution in [1.82, 2.24) is 4.90 Å². The normalized spacial score (nSPS) is 13.5. The third-order valence-corrected chi connectivity index (χ3v) is 3.26. The van der Waals surface area contributed by atoms with E-state index in [0.29, 0.717) is 13.1 Å². The van der Waals surface area contributed by atoms with Crippen molar-refractivity contribution >= 4 is 17.6 Å². The Hall–Kier alpha value is -2.14. The van der Waals surface area contributed by atoms with Crippen LogP contribution in [0.3, 0.4) is 0 Å². The summed E-state index contributed by atoms with van der Waals surface area (Å²) in [6, 6.07) is 8.73. The highest BCUT2D eigenvalue weighted by atomic mass is 16.4. The highest BCUT2D eigenvalue weighted by Gasteiger charge is 2.24. The van der Waals surface area contributed by atoms with E-state index in [1.807, 2.05) is 30.3 Å². The summed E-state index contributed by atoms with van der Waals surface area (Å²) < 4.78 is 0. The second-order valence-electron chi connectivity index (χ2n) is 5.01. The molecule has 21 heavy (non-hydrogen) atoms. The fraction of sp³-hybridized carbons (Fsp3) is 0.375. The van der Waals surface area contributed by atoms with Gasteiger partial charge in [0.05, 0.1) is 12.0 Å². The number of carbonyl (C=O) groups excluding carboxylic acids is 1. The van der Waals surface area contributed by atoms with Crippen LogP contribution in [-0.2, 0) is 9.59 Å². The van der Waals surface area contributed by atoms with Crippen molar-refractivity contribution in [3.8, 4) is 0 Å². The zero-order valence-corrected chi connectivity index (χ0v) is 12.5. The lowest BCUT2D eigenvalue weighted by Gasteiger charge is -2.28. The van der Waals surface area contributed by atoms with Gasteiger partial charge in [0, 0.05) is 18.8 Å². The van der Waals surface area contributed by atoms with Crippen LogP contribution in [-0.4, -0.2) is 41.0 Å². The smallest absolute Gasteiger partial charge is 0.307 e. The molecule has 0 saturated heterocycles. The standard InChI is InChI=1S/C16H22N2O3/c1-4-10-18(11-12(2)16(20)21)13(3)15(19)17-14-8-6-5-7-9-14/h4-9,12-13H,1,10-11H2,2-3H3,(H,17,19)(H,20,21). The van der Waals surface area contributed by atoms with E-state index in [9.17, 15) is 9.59 Å². The summed E-state index contributed by atoms with van der Waals surface area (Å²) in [5.74, 6) is -1.59. The molecular formula is C16H22N2O3. The number of nitrogens with one attached hydrogen (secondary N) is 1. The largest absolute Gasteiger partial charge is 0.481 e. The van der Waals surface area contributed by atoms with Gasteiger partial charge >= 0.3 is 5.97 Å². The van der Waals surface area contributed by atoms with Gasteiger partial charge in [-0.05, 0) is 19.1 Å². The van der Waals surface area contributed by atoms with Crippen molar-refractivity contribution in [3.63, 3.8) is 0 Å². The molecule has 1 aromatic carbocycles. The van der Waals surface area contributed by atoms with E-state index >= 15 is 0 Å². The minimum Gasteiger partial charge on any atom is -0.481 e. The molecule has 1 rings (SSSR count). The number of carboxylic acids is 1. The molecule has 114 valence electrons. The number of anilines is 1. The van der Waals surface area contributed by atoms with Crippen LogP contribution in [0.2, 0.25) is 0 Å². The van der Waals surface area contributed by atoms with Gasteiger partial charge in [-0.2, -0.15) is 0 Å². The zero-order chi connectivity index (χ0) is 15.8. The summed E-state index contributed by atoms with van der Waals surface area (Å²) in [4.78, 5) is 25.0. The minimum absolute atomic E-state index is 0.166. The van der Waals surface area contributed by atoms with Gasteiger partial charge in [-0.3, -0.25) is 14.5 Å². The first kappa shape index (κ1) is 16.9. The highest BCUT2D eigenvalue weighted by molar-refractivity contribution is 5.94. The van der Waals surface area contributed by atoms with Crippen molar-refractivity contribution < 1.29 is 14.7 Å². The Morgan fingerprint density at radius 1 is 1.33 bits per heavy atom. The lowest BCUT2D eigenvalue weighted by atomic mass is 10.1. The average Bonchev–Trinajstić information content (AvgIpc) is 2.46. The molecule has 2 N–H and O–H groups in total. The van der Waals surface area contributed by atoms with Gasteiger partial charge in [0.2, 0.25) is 5.91 Å². The number of amides is 1. The molecule has 2 unspecified atom stereocenters. The SMILES string of the molecule is C=CCN(CC(C)C(=O)O)C(C)C(=O)Nc1ccccc1. The molecule has 0 spiro atoms. The number of rotatable bonds is 8. The van der Waals surface area contributed by atoms with Crippen LogP contribution in [0, 0.1) is 5.92 Å². The molecule has 0 aromatic heterocycles. The number of carbonyl (C=O) groups is 2. The first-order valence-electron chi connectivity index (χ1n) is 6.89. The van der Waals surface area contributed by atoms with Crippen molar-refractivity contribution in [3.05, 3.63) is 43.0 Å². The summed E-state index contributed by atoms with van der Waals surface area (Å²) in [6.07, 6.45) is 1.67. The molecule has 5 nitrogen and oxygen atoms in total. The molecule has 0 saturated carbocycles. The van der Waals surface area contributed by atoms with Crippen molar-refractivity contribution in [1.29, 1.82) is 0 Å². The first-order valence-corrected chi connectivity index (χ1v) is 6.89. The minimum atomic E-state index is -0.875. The summed E-state index contributed by atoms with van der Waals surface area (Å²) in [7, 11) is 0. The molecule has 0 fully saturated rings. The molecule has 5 heteroatoms. The van der Waals surface area contributed by atoms with Gasteiger partial charge in [-0.15, -0.1) is 6.58 Å². The van der Waals surface area contributed by atoms with Gasteiger partial charge in [-0.25, -0.2) is 0 Å². The quantitative estimate of drug-likeness (QED) is 0.720. The Balaban J connectivity index is 2.70. The summed E-state index contributed by atoms with van der Waals surface area (Å²) in [6.45, 7) is 7.80. The third-order valence-electron chi connectivity index (χ3n) is 3.26. The predicted octanol–water partition coefficient (Wildman–Crippen LogP) is 2.22. The Morgan fingerprint density at radius 3 is 2.48 bits per heavy atom. The number of benzene rings is 1. The third kappa shape index (κ3) is 5.39. The van der Waals surface area contributed by atoms with Gasteiger partial charge in [0.25, 0.3) is 0 Å². The summed E-state index contributed by atoms with van der Waals surface area (Å²) in [5.41, 5.74) is 0.721. The second kappa shape index (κ2) is 8.21. The number of nitrogens with zero attached hydrogens (tertiary/aromatic N) is 1. The van der Waals surface area contributed by atoms with E-state index in [1.54, 1.807) is 24.8 Å². The van der Waals surface area contributed by atoms with Gasteiger partial charge < -0.3 is 10.4 Å². The van der Waals surface area contributed by atoms with Gasteiger partial charge in [0.1, 0.15) is 0 Å². The zero-order valence-electron chi connectivity index (χ0n) is 12.5. The molecule has 0 aliphatic carbocycles. The molecule has 0 bridgehead atoms. The van der Waals surface area contributed by atoms with Crippen LogP contribution in [0.15, 0.2) is 43.0 Å². The number of aliphatic carboxylic acids is 1. The monoisotopic (exact) mass is 290 g/mol. The lowest BCUT2D eigenvalue weighted by molar-refractivity contribution is -0.142. The van der Waals surface area contributed by atoms with E-state index < -0.39 is 17.9 Å². The van der Waals surface area contributed by atoms with E-state index in [-0.39, 0.29) is 5.91 Å². The first-order chi connectivity index (χ1) is 9.95. The number of hydrogen-bond acceptors (Lipinski definition) is 3. The molecule has 0 heterocycles. The van der Waals surface area contributed by atoms with Crippen LogP contribution in [0.4, 0.5) is 5.69 Å². The average molecular weight is 290 g/mol. The lowest BCUT2D eigenvalue weighted by Crippen LogP contribution is -2.45. The highest BCUT2D eigenvalue weighted by Crippen LogP contribution is 2.10. The Labute approximate surface area is 125 Å². The number of para-hydroxylation sites is 1. The maximum Gasteiger partial charge on any atom is 0.307 e. The molecule has 2 atom stereocenters. The van der Waals surface area contributed by atoms with Crippen molar-refractivity contribution in [2.75, 3.05) is 18.4 Å². The molecule has 1 amide bonds. The van der Waals surface area contributed by atoms with E-state index in [1.165, 1.54) is 0 Å². The molecule has 0 radical (unpaired) electrons. The maximum absolute atomic E-state index is 12.2. The van der Waals surface area contributed by atoms with Crippen LogP contribution in [0.5, 0.6) is 0 Å². The maximum atomic E-state index is 12.2.